The number of nitrogens with zero attached hydrogens (tertiary/aromatic N) is 2. The Kier molecular flexibility index (Phi) is 6.05. The number of esters is 1. The van der Waals surface area contributed by atoms with Crippen LogP contribution >= 0.6 is 0 Å². The van der Waals surface area contributed by atoms with Crippen molar-refractivity contribution in [3.63, 3.8) is 0 Å². The first kappa shape index (κ1) is 18.5. The minimum atomic E-state index is -0.417. The number of benzene rings is 2. The van der Waals surface area contributed by atoms with Gasteiger partial charge in [0.1, 0.15) is 5.82 Å². The van der Waals surface area contributed by atoms with Crippen LogP contribution in [0.25, 0.3) is 0 Å². The highest BCUT2D eigenvalue weighted by Crippen LogP contribution is 2.22. The van der Waals surface area contributed by atoms with Crippen LogP contribution in [0.5, 0.6) is 0 Å². The minimum absolute atomic E-state index is 0.290. The summed E-state index contributed by atoms with van der Waals surface area (Å²) in [5, 5.41) is 0. The summed E-state index contributed by atoms with van der Waals surface area (Å²) in [6, 6.07) is 17.0. The first-order valence-electron chi connectivity index (χ1n) is 8.66. The van der Waals surface area contributed by atoms with Crippen LogP contribution in [0.3, 0.4) is 0 Å². The van der Waals surface area contributed by atoms with E-state index < -0.39 is 5.97 Å². The molecular formula is C22H19FN2O2. The number of carbonyl (C=O) groups is 1. The normalized spacial score (nSPS) is 11.3. The van der Waals surface area contributed by atoms with Crippen molar-refractivity contribution in [1.82, 2.24) is 4.98 Å². The first-order valence-corrected chi connectivity index (χ1v) is 8.66. The smallest absolute Gasteiger partial charge is 0.340 e. The monoisotopic (exact) mass is 362 g/mol. The molecule has 4 nitrogen and oxygen atoms in total. The second kappa shape index (κ2) is 8.85. The van der Waals surface area contributed by atoms with E-state index in [0.717, 1.165) is 16.8 Å². The Bertz CT molecular complexity index is 938. The van der Waals surface area contributed by atoms with E-state index in [1.807, 2.05) is 18.2 Å². The molecule has 3 aromatic rings. The van der Waals surface area contributed by atoms with Crippen molar-refractivity contribution in [2.24, 2.45) is 4.99 Å². The standard InChI is InChI=1S/C22H19FN2O2/c1-2-27-22(26)19-5-3-4-6-20(19)25-21(15-16-11-13-24-14-12-16)17-7-9-18(23)10-8-17/h3-14H,2,15H2,1H3. The molecule has 2 aromatic carbocycles. The lowest BCUT2D eigenvalue weighted by molar-refractivity contribution is 0.0527. The molecule has 1 heterocycles. The number of halogens is 1. The molecule has 0 unspecified atom stereocenters. The number of ether oxygens (including phenoxy) is 1. The molecule has 0 bridgehead atoms. The molecule has 0 aliphatic rings. The van der Waals surface area contributed by atoms with Crippen LogP contribution in [0.1, 0.15) is 28.4 Å². The van der Waals surface area contributed by atoms with Gasteiger partial charge in [-0.05, 0) is 54.4 Å². The zero-order valence-corrected chi connectivity index (χ0v) is 14.9. The van der Waals surface area contributed by atoms with Gasteiger partial charge in [-0.2, -0.15) is 0 Å². The fourth-order valence-corrected chi connectivity index (χ4v) is 2.64. The number of aromatic nitrogens is 1. The van der Waals surface area contributed by atoms with E-state index in [2.05, 4.69) is 4.98 Å². The molecule has 0 fully saturated rings. The highest BCUT2D eigenvalue weighted by atomic mass is 19.1. The SMILES string of the molecule is CCOC(=O)c1ccccc1N=C(Cc1ccncc1)c1ccc(F)cc1. The van der Waals surface area contributed by atoms with E-state index in [1.165, 1.54) is 12.1 Å². The van der Waals surface area contributed by atoms with E-state index in [4.69, 9.17) is 9.73 Å². The number of carbonyl (C=O) groups excluding carboxylic acids is 1. The summed E-state index contributed by atoms with van der Waals surface area (Å²) < 4.78 is 18.5. The third-order valence-corrected chi connectivity index (χ3v) is 3.95. The molecule has 0 aliphatic carbocycles. The summed E-state index contributed by atoms with van der Waals surface area (Å²) in [4.78, 5) is 21.0. The third kappa shape index (κ3) is 4.85. The number of para-hydroxylation sites is 1. The Labute approximate surface area is 157 Å². The Morgan fingerprint density at radius 1 is 1.04 bits per heavy atom. The van der Waals surface area contributed by atoms with Crippen molar-refractivity contribution >= 4 is 17.4 Å². The third-order valence-electron chi connectivity index (χ3n) is 3.95. The van der Waals surface area contributed by atoms with E-state index in [-0.39, 0.29) is 5.82 Å². The van der Waals surface area contributed by atoms with Crippen molar-refractivity contribution in [2.75, 3.05) is 6.61 Å². The number of pyridine rings is 1. The lowest BCUT2D eigenvalue weighted by Gasteiger charge is -2.10. The minimum Gasteiger partial charge on any atom is -0.462 e. The molecule has 0 saturated carbocycles. The average Bonchev–Trinajstić information content (AvgIpc) is 2.69. The molecule has 0 saturated heterocycles. The number of hydrogen-bond acceptors (Lipinski definition) is 4. The maximum atomic E-state index is 13.3. The fraction of sp³-hybridized carbons (Fsp3) is 0.136. The largest absolute Gasteiger partial charge is 0.462 e. The first-order chi connectivity index (χ1) is 13.2. The van der Waals surface area contributed by atoms with Crippen LogP contribution in [0, 0.1) is 5.82 Å². The van der Waals surface area contributed by atoms with Crippen molar-refractivity contribution in [1.29, 1.82) is 0 Å². The van der Waals surface area contributed by atoms with Gasteiger partial charge in [0.15, 0.2) is 0 Å². The number of hydrogen-bond donors (Lipinski definition) is 0. The molecule has 5 heteroatoms. The molecule has 27 heavy (non-hydrogen) atoms. The zero-order valence-electron chi connectivity index (χ0n) is 14.9. The summed E-state index contributed by atoms with van der Waals surface area (Å²) in [6.45, 7) is 2.05. The molecule has 0 spiro atoms. The van der Waals surface area contributed by atoms with E-state index in [1.54, 1.807) is 49.6 Å². The molecule has 0 radical (unpaired) electrons. The molecule has 3 rings (SSSR count). The van der Waals surface area contributed by atoms with Crippen molar-refractivity contribution < 1.29 is 13.9 Å². The van der Waals surface area contributed by atoms with Gasteiger partial charge in [0, 0.05) is 18.8 Å². The Hall–Kier alpha value is -3.34. The van der Waals surface area contributed by atoms with E-state index in [9.17, 15) is 9.18 Å². The summed E-state index contributed by atoms with van der Waals surface area (Å²) in [7, 11) is 0. The van der Waals surface area contributed by atoms with Crippen LogP contribution in [0.15, 0.2) is 78.0 Å². The summed E-state index contributed by atoms with van der Waals surface area (Å²) in [5.74, 6) is -0.729. The van der Waals surface area contributed by atoms with Gasteiger partial charge in [-0.15, -0.1) is 0 Å². The molecule has 0 atom stereocenters. The predicted octanol–water partition coefficient (Wildman–Crippen LogP) is 4.76. The van der Waals surface area contributed by atoms with Crippen molar-refractivity contribution in [2.45, 2.75) is 13.3 Å². The molecule has 0 N–H and O–H groups in total. The lowest BCUT2D eigenvalue weighted by atomic mass is 10.0. The van der Waals surface area contributed by atoms with Gasteiger partial charge >= 0.3 is 5.97 Å². The Morgan fingerprint density at radius 2 is 1.74 bits per heavy atom. The molecule has 0 aliphatic heterocycles. The van der Waals surface area contributed by atoms with Crippen LogP contribution in [0.2, 0.25) is 0 Å². The van der Waals surface area contributed by atoms with Crippen molar-refractivity contribution in [3.8, 4) is 0 Å². The number of rotatable bonds is 6. The summed E-state index contributed by atoms with van der Waals surface area (Å²) >= 11 is 0. The van der Waals surface area contributed by atoms with Gasteiger partial charge in [0.05, 0.1) is 23.6 Å². The predicted molar refractivity (Wildman–Crippen MR) is 103 cm³/mol. The quantitative estimate of drug-likeness (QED) is 0.469. The second-order valence-electron chi connectivity index (χ2n) is 5.84. The van der Waals surface area contributed by atoms with E-state index >= 15 is 0 Å². The number of aliphatic imine (C=N–C) groups is 1. The summed E-state index contributed by atoms with van der Waals surface area (Å²) in [6.07, 6.45) is 3.94. The van der Waals surface area contributed by atoms with Gasteiger partial charge in [0.2, 0.25) is 0 Å². The van der Waals surface area contributed by atoms with Crippen LogP contribution < -0.4 is 0 Å². The maximum absolute atomic E-state index is 13.3. The molecule has 1 aromatic heterocycles. The topological polar surface area (TPSA) is 51.5 Å². The second-order valence-corrected chi connectivity index (χ2v) is 5.84. The molecule has 0 amide bonds. The van der Waals surface area contributed by atoms with Gasteiger partial charge in [-0.3, -0.25) is 9.98 Å². The van der Waals surface area contributed by atoms with Gasteiger partial charge in [0.25, 0.3) is 0 Å². The maximum Gasteiger partial charge on any atom is 0.340 e. The van der Waals surface area contributed by atoms with E-state index in [0.29, 0.717) is 24.3 Å². The Balaban J connectivity index is 2.05. The molecule has 136 valence electrons. The highest BCUT2D eigenvalue weighted by Gasteiger charge is 2.13. The van der Waals surface area contributed by atoms with Gasteiger partial charge in [-0.25, -0.2) is 9.18 Å². The van der Waals surface area contributed by atoms with Crippen LogP contribution in [0.4, 0.5) is 10.1 Å². The van der Waals surface area contributed by atoms with Crippen molar-refractivity contribution in [3.05, 3.63) is 95.6 Å². The zero-order chi connectivity index (χ0) is 19.1. The highest BCUT2D eigenvalue weighted by molar-refractivity contribution is 6.05. The fourth-order valence-electron chi connectivity index (χ4n) is 2.64. The summed E-state index contributed by atoms with van der Waals surface area (Å²) in [5.41, 5.74) is 3.43. The van der Waals surface area contributed by atoms with Gasteiger partial charge in [-0.1, -0.05) is 24.3 Å². The lowest BCUT2D eigenvalue weighted by Crippen LogP contribution is -2.08. The molecular weight excluding hydrogens is 343 g/mol. The Morgan fingerprint density at radius 3 is 2.44 bits per heavy atom. The van der Waals surface area contributed by atoms with Crippen LogP contribution in [-0.4, -0.2) is 23.3 Å². The average molecular weight is 362 g/mol. The van der Waals surface area contributed by atoms with Crippen LogP contribution in [-0.2, 0) is 11.2 Å². The van der Waals surface area contributed by atoms with Gasteiger partial charge < -0.3 is 4.74 Å².